The number of aliphatic hydroxyl groups is 1. The summed E-state index contributed by atoms with van der Waals surface area (Å²) in [5.41, 5.74) is -0.109. The van der Waals surface area contributed by atoms with Gasteiger partial charge in [-0.1, -0.05) is 6.92 Å². The van der Waals surface area contributed by atoms with Gasteiger partial charge in [-0.25, -0.2) is 13.2 Å². The minimum absolute atomic E-state index is 0.0297. The molecule has 0 saturated carbocycles. The smallest absolute Gasteiger partial charge is 0.336 e. The van der Waals surface area contributed by atoms with Crippen LogP contribution in [-0.2, 0) is 10.0 Å². The lowest BCUT2D eigenvalue weighted by Crippen LogP contribution is -2.45. The van der Waals surface area contributed by atoms with Crippen LogP contribution < -0.4 is 0 Å². The molecule has 1 aromatic rings. The first kappa shape index (κ1) is 16.4. The van der Waals surface area contributed by atoms with E-state index in [1.54, 1.807) is 0 Å². The van der Waals surface area contributed by atoms with Crippen molar-refractivity contribution in [1.82, 2.24) is 4.31 Å². The molecule has 1 aromatic carbocycles. The van der Waals surface area contributed by atoms with Crippen LogP contribution in [0.1, 0.15) is 23.7 Å². The largest absolute Gasteiger partial charge is 0.478 e. The Bertz CT molecular complexity index is 661. The van der Waals surface area contributed by atoms with Gasteiger partial charge in [0.15, 0.2) is 0 Å². The number of benzene rings is 1. The van der Waals surface area contributed by atoms with Crippen molar-refractivity contribution in [2.75, 3.05) is 13.1 Å². The van der Waals surface area contributed by atoms with Crippen LogP contribution in [0.5, 0.6) is 0 Å². The zero-order valence-electron chi connectivity index (χ0n) is 11.4. The fraction of sp³-hybridized carbons (Fsp3) is 0.462. The van der Waals surface area contributed by atoms with Crippen LogP contribution in [0.4, 0.5) is 0 Å². The monoisotopic (exact) mass is 377 g/mol. The Hall–Kier alpha value is -0.960. The van der Waals surface area contributed by atoms with E-state index < -0.39 is 22.1 Å². The summed E-state index contributed by atoms with van der Waals surface area (Å²) in [5, 5.41) is 18.9. The second-order valence-electron chi connectivity index (χ2n) is 5.14. The number of aromatic carboxylic acids is 1. The van der Waals surface area contributed by atoms with Crippen LogP contribution in [0.2, 0.25) is 0 Å². The number of piperidine rings is 1. The van der Waals surface area contributed by atoms with Crippen molar-refractivity contribution in [3.05, 3.63) is 28.2 Å². The van der Waals surface area contributed by atoms with E-state index in [1.807, 2.05) is 6.92 Å². The standard InChI is InChI=1S/C13H16BrNO5S/c1-8-4-5-15(7-12(8)16)21(19,20)9-2-3-11(14)10(6-9)13(17)18/h2-3,6,8,12,16H,4-5,7H2,1H3,(H,17,18). The SMILES string of the molecule is CC1CCN(S(=O)(=O)c2ccc(Br)c(C(=O)O)c2)CC1O. The van der Waals surface area contributed by atoms with Crippen molar-refractivity contribution < 1.29 is 23.4 Å². The third-order valence-electron chi connectivity index (χ3n) is 3.69. The molecule has 0 amide bonds. The van der Waals surface area contributed by atoms with E-state index in [-0.39, 0.29) is 22.9 Å². The lowest BCUT2D eigenvalue weighted by molar-refractivity contribution is 0.0605. The number of carboxylic acid groups (broad SMARTS) is 1. The van der Waals surface area contributed by atoms with E-state index in [2.05, 4.69) is 15.9 Å². The van der Waals surface area contributed by atoms with E-state index in [1.165, 1.54) is 16.4 Å². The van der Waals surface area contributed by atoms with E-state index in [4.69, 9.17) is 5.11 Å². The molecule has 1 saturated heterocycles. The Morgan fingerprint density at radius 3 is 2.67 bits per heavy atom. The maximum atomic E-state index is 12.5. The number of aliphatic hydroxyl groups excluding tert-OH is 1. The Balaban J connectivity index is 2.36. The van der Waals surface area contributed by atoms with Crippen molar-refractivity contribution >= 4 is 31.9 Å². The number of carbonyl (C=O) groups is 1. The lowest BCUT2D eigenvalue weighted by atomic mass is 9.98. The van der Waals surface area contributed by atoms with Crippen molar-refractivity contribution in [3.63, 3.8) is 0 Å². The van der Waals surface area contributed by atoms with E-state index in [9.17, 15) is 18.3 Å². The fourth-order valence-corrected chi connectivity index (χ4v) is 4.13. The van der Waals surface area contributed by atoms with Gasteiger partial charge in [0.25, 0.3) is 0 Å². The minimum Gasteiger partial charge on any atom is -0.478 e. The zero-order valence-corrected chi connectivity index (χ0v) is 13.8. The molecule has 8 heteroatoms. The molecular weight excluding hydrogens is 362 g/mol. The molecule has 116 valence electrons. The maximum Gasteiger partial charge on any atom is 0.336 e. The Labute approximate surface area is 131 Å². The highest BCUT2D eigenvalue weighted by Gasteiger charge is 2.33. The summed E-state index contributed by atoms with van der Waals surface area (Å²) >= 11 is 3.08. The maximum absolute atomic E-state index is 12.5. The quantitative estimate of drug-likeness (QED) is 0.832. The minimum atomic E-state index is -3.80. The highest BCUT2D eigenvalue weighted by molar-refractivity contribution is 9.10. The van der Waals surface area contributed by atoms with Crippen molar-refractivity contribution in [1.29, 1.82) is 0 Å². The summed E-state index contributed by atoms with van der Waals surface area (Å²) in [6.07, 6.45) is -0.133. The van der Waals surface area contributed by atoms with Crippen LogP contribution in [-0.4, -0.2) is 48.1 Å². The molecule has 0 radical (unpaired) electrons. The van der Waals surface area contributed by atoms with Gasteiger partial charge in [0, 0.05) is 17.6 Å². The fourth-order valence-electron chi connectivity index (χ4n) is 2.22. The summed E-state index contributed by atoms with van der Waals surface area (Å²) in [6.45, 7) is 2.22. The average molecular weight is 378 g/mol. The van der Waals surface area contributed by atoms with Crippen molar-refractivity contribution in [3.8, 4) is 0 Å². The van der Waals surface area contributed by atoms with E-state index in [0.29, 0.717) is 17.4 Å². The first-order valence-corrected chi connectivity index (χ1v) is 8.68. The van der Waals surface area contributed by atoms with Gasteiger partial charge in [0.1, 0.15) is 0 Å². The number of sulfonamides is 1. The average Bonchev–Trinajstić information content (AvgIpc) is 2.41. The molecule has 0 spiro atoms. The van der Waals surface area contributed by atoms with Crippen LogP contribution in [0.25, 0.3) is 0 Å². The molecule has 6 nitrogen and oxygen atoms in total. The van der Waals surface area contributed by atoms with Gasteiger partial charge in [-0.3, -0.25) is 0 Å². The van der Waals surface area contributed by atoms with Gasteiger partial charge in [-0.05, 0) is 46.5 Å². The second kappa shape index (κ2) is 6.04. The number of hydrogen-bond acceptors (Lipinski definition) is 4. The molecular formula is C13H16BrNO5S. The van der Waals surface area contributed by atoms with E-state index >= 15 is 0 Å². The molecule has 1 aliphatic rings. The summed E-state index contributed by atoms with van der Waals surface area (Å²) in [4.78, 5) is 11.0. The molecule has 2 atom stereocenters. The predicted molar refractivity (Wildman–Crippen MR) is 79.6 cm³/mol. The molecule has 1 fully saturated rings. The third kappa shape index (κ3) is 3.28. The van der Waals surface area contributed by atoms with Gasteiger partial charge in [0.05, 0.1) is 16.6 Å². The summed E-state index contributed by atoms with van der Waals surface area (Å²) in [6, 6.07) is 3.89. The lowest BCUT2D eigenvalue weighted by Gasteiger charge is -2.33. The van der Waals surface area contributed by atoms with Gasteiger partial charge < -0.3 is 10.2 Å². The van der Waals surface area contributed by atoms with Crippen LogP contribution in [0.15, 0.2) is 27.6 Å². The summed E-state index contributed by atoms with van der Waals surface area (Å²) in [5.74, 6) is -1.15. The molecule has 0 aromatic heterocycles. The zero-order chi connectivity index (χ0) is 15.8. The molecule has 1 aliphatic heterocycles. The first-order chi connectivity index (χ1) is 9.73. The van der Waals surface area contributed by atoms with Gasteiger partial charge in [-0.15, -0.1) is 0 Å². The number of halogens is 1. The van der Waals surface area contributed by atoms with E-state index in [0.717, 1.165) is 6.07 Å². The number of carboxylic acids is 1. The summed E-state index contributed by atoms with van der Waals surface area (Å²) in [7, 11) is -3.80. The van der Waals surface area contributed by atoms with Gasteiger partial charge in [-0.2, -0.15) is 4.31 Å². The Morgan fingerprint density at radius 1 is 1.43 bits per heavy atom. The van der Waals surface area contributed by atoms with Crippen molar-refractivity contribution in [2.45, 2.75) is 24.3 Å². The molecule has 0 bridgehead atoms. The molecule has 2 N–H and O–H groups in total. The Kier molecular flexibility index (Phi) is 4.72. The first-order valence-electron chi connectivity index (χ1n) is 6.44. The van der Waals surface area contributed by atoms with Crippen molar-refractivity contribution in [2.24, 2.45) is 5.92 Å². The summed E-state index contributed by atoms with van der Waals surface area (Å²) < 4.78 is 26.6. The molecule has 2 rings (SSSR count). The van der Waals surface area contributed by atoms with Crippen LogP contribution in [0.3, 0.4) is 0 Å². The van der Waals surface area contributed by atoms with Gasteiger partial charge >= 0.3 is 5.97 Å². The molecule has 2 unspecified atom stereocenters. The number of nitrogens with zero attached hydrogens (tertiary/aromatic N) is 1. The molecule has 1 heterocycles. The highest BCUT2D eigenvalue weighted by Crippen LogP contribution is 2.26. The Morgan fingerprint density at radius 2 is 2.10 bits per heavy atom. The molecule has 21 heavy (non-hydrogen) atoms. The molecule has 0 aliphatic carbocycles. The number of β-amino-alcohol motifs (C(OH)–C–C–N with tert-alkyl or cyclic N) is 1. The second-order valence-corrected chi connectivity index (χ2v) is 7.94. The highest BCUT2D eigenvalue weighted by atomic mass is 79.9. The number of hydrogen-bond donors (Lipinski definition) is 2. The van der Waals surface area contributed by atoms with Crippen LogP contribution in [0, 0.1) is 5.92 Å². The predicted octanol–water partition coefficient (Wildman–Crippen LogP) is 1.54. The topological polar surface area (TPSA) is 94.9 Å². The normalized spacial score (nSPS) is 24.0. The number of rotatable bonds is 3. The van der Waals surface area contributed by atoms with Gasteiger partial charge in [0.2, 0.25) is 10.0 Å². The third-order valence-corrected chi connectivity index (χ3v) is 6.24. The van der Waals surface area contributed by atoms with Crippen LogP contribution >= 0.6 is 15.9 Å².